The van der Waals surface area contributed by atoms with Crippen molar-refractivity contribution in [3.8, 4) is 0 Å². The van der Waals surface area contributed by atoms with E-state index in [2.05, 4.69) is 16.8 Å². The minimum absolute atomic E-state index is 0.0842. The fraction of sp³-hybridized carbons (Fsp3) is 0.526. The third-order valence-electron chi connectivity index (χ3n) is 5.31. The van der Waals surface area contributed by atoms with Gasteiger partial charge in [-0.15, -0.1) is 0 Å². The minimum Gasteiger partial charge on any atom is -0.469 e. The summed E-state index contributed by atoms with van der Waals surface area (Å²) >= 11 is 0. The second-order valence-electron chi connectivity index (χ2n) is 7.01. The number of nitrogens with zero attached hydrogens (tertiary/aromatic N) is 3. The summed E-state index contributed by atoms with van der Waals surface area (Å²) in [4.78, 5) is 24.4. The SMILES string of the molecule is Cc1nc(N2CCCC[C@@H]2C)nc2c1C(=O)C[C@H](c1ccco1)C2. The van der Waals surface area contributed by atoms with Crippen LogP contribution in [0.1, 0.15) is 66.0 Å². The first kappa shape index (κ1) is 15.4. The Morgan fingerprint density at radius 2 is 2.12 bits per heavy atom. The summed E-state index contributed by atoms with van der Waals surface area (Å²) in [5.74, 6) is 1.87. The normalized spacial score (nSPS) is 24.1. The molecule has 0 amide bonds. The van der Waals surface area contributed by atoms with Crippen LogP contribution >= 0.6 is 0 Å². The first-order valence-electron chi connectivity index (χ1n) is 8.84. The van der Waals surface area contributed by atoms with Gasteiger partial charge in [0, 0.05) is 31.3 Å². The highest BCUT2D eigenvalue weighted by Crippen LogP contribution is 2.34. The molecule has 1 saturated heterocycles. The zero-order valence-corrected chi connectivity index (χ0v) is 14.3. The van der Waals surface area contributed by atoms with Crippen LogP contribution in [-0.2, 0) is 6.42 Å². The van der Waals surface area contributed by atoms with Gasteiger partial charge in [-0.1, -0.05) is 0 Å². The van der Waals surface area contributed by atoms with Crippen molar-refractivity contribution in [2.75, 3.05) is 11.4 Å². The lowest BCUT2D eigenvalue weighted by Gasteiger charge is -2.34. The molecule has 3 heterocycles. The topological polar surface area (TPSA) is 59.2 Å². The van der Waals surface area contributed by atoms with Gasteiger partial charge in [-0.2, -0.15) is 0 Å². The van der Waals surface area contributed by atoms with Crippen LogP contribution in [0.15, 0.2) is 22.8 Å². The highest BCUT2D eigenvalue weighted by Gasteiger charge is 2.32. The molecule has 2 aromatic heterocycles. The number of rotatable bonds is 2. The molecule has 0 radical (unpaired) electrons. The van der Waals surface area contributed by atoms with Crippen molar-refractivity contribution in [1.29, 1.82) is 0 Å². The number of fused-ring (bicyclic) bond motifs is 1. The zero-order chi connectivity index (χ0) is 16.7. The van der Waals surface area contributed by atoms with Crippen molar-refractivity contribution < 1.29 is 9.21 Å². The smallest absolute Gasteiger partial charge is 0.226 e. The molecule has 0 N–H and O–H groups in total. The van der Waals surface area contributed by atoms with Crippen LogP contribution in [-0.4, -0.2) is 28.3 Å². The number of carbonyl (C=O) groups is 1. The van der Waals surface area contributed by atoms with Crippen LogP contribution in [0.5, 0.6) is 0 Å². The third kappa shape index (κ3) is 2.62. The molecule has 0 bridgehead atoms. The number of hydrogen-bond donors (Lipinski definition) is 0. The fourth-order valence-corrected chi connectivity index (χ4v) is 4.01. The van der Waals surface area contributed by atoms with Crippen LogP contribution in [0.25, 0.3) is 0 Å². The van der Waals surface area contributed by atoms with Gasteiger partial charge in [0.1, 0.15) is 5.76 Å². The van der Waals surface area contributed by atoms with Crippen molar-refractivity contribution in [2.24, 2.45) is 0 Å². The van der Waals surface area contributed by atoms with E-state index < -0.39 is 0 Å². The van der Waals surface area contributed by atoms with Gasteiger partial charge in [0.15, 0.2) is 5.78 Å². The summed E-state index contributed by atoms with van der Waals surface area (Å²) in [7, 11) is 0. The lowest BCUT2D eigenvalue weighted by Crippen LogP contribution is -2.39. The molecule has 2 aliphatic rings. The van der Waals surface area contributed by atoms with Crippen LogP contribution in [0.2, 0.25) is 0 Å². The molecule has 2 atom stereocenters. The molecule has 0 saturated carbocycles. The van der Waals surface area contributed by atoms with E-state index in [0.717, 1.165) is 41.6 Å². The van der Waals surface area contributed by atoms with Crippen molar-refractivity contribution in [2.45, 2.75) is 57.9 Å². The maximum Gasteiger partial charge on any atom is 0.226 e. The first-order chi connectivity index (χ1) is 11.6. The van der Waals surface area contributed by atoms with Crippen molar-refractivity contribution in [3.63, 3.8) is 0 Å². The van der Waals surface area contributed by atoms with Gasteiger partial charge in [-0.05, 0) is 45.2 Å². The summed E-state index contributed by atoms with van der Waals surface area (Å²) in [6.07, 6.45) is 6.50. The quantitative estimate of drug-likeness (QED) is 0.843. The van der Waals surface area contributed by atoms with Crippen molar-refractivity contribution in [3.05, 3.63) is 41.1 Å². The summed E-state index contributed by atoms with van der Waals surface area (Å²) < 4.78 is 5.52. The molecule has 5 nitrogen and oxygen atoms in total. The Morgan fingerprint density at radius 3 is 2.88 bits per heavy atom. The third-order valence-corrected chi connectivity index (χ3v) is 5.31. The molecule has 1 aliphatic carbocycles. The second-order valence-corrected chi connectivity index (χ2v) is 7.01. The zero-order valence-electron chi connectivity index (χ0n) is 14.3. The molecule has 5 heteroatoms. The molecule has 0 unspecified atom stereocenters. The Balaban J connectivity index is 1.71. The summed E-state index contributed by atoms with van der Waals surface area (Å²) in [5.41, 5.74) is 2.43. The van der Waals surface area contributed by atoms with Gasteiger partial charge < -0.3 is 9.32 Å². The lowest BCUT2D eigenvalue weighted by atomic mass is 9.84. The Hall–Kier alpha value is -2.17. The van der Waals surface area contributed by atoms with E-state index in [9.17, 15) is 4.79 Å². The number of aryl methyl sites for hydroxylation is 1. The maximum absolute atomic E-state index is 12.6. The lowest BCUT2D eigenvalue weighted by molar-refractivity contribution is 0.0958. The molecule has 1 aliphatic heterocycles. The van der Waals surface area contributed by atoms with Gasteiger partial charge in [0.2, 0.25) is 5.95 Å². The monoisotopic (exact) mass is 325 g/mol. The fourth-order valence-electron chi connectivity index (χ4n) is 4.01. The van der Waals surface area contributed by atoms with E-state index in [0.29, 0.717) is 12.5 Å². The number of aromatic nitrogens is 2. The van der Waals surface area contributed by atoms with Gasteiger partial charge in [-0.25, -0.2) is 9.97 Å². The number of hydrogen-bond acceptors (Lipinski definition) is 5. The second kappa shape index (κ2) is 6.04. The Bertz CT molecular complexity index is 754. The highest BCUT2D eigenvalue weighted by atomic mass is 16.3. The number of Topliss-reactive ketones (excluding diaryl/α,β-unsaturated/α-hetero) is 1. The summed E-state index contributed by atoms with van der Waals surface area (Å²) in [6.45, 7) is 5.16. The van der Waals surface area contributed by atoms with E-state index in [1.807, 2.05) is 19.1 Å². The average Bonchev–Trinajstić information content (AvgIpc) is 3.09. The standard InChI is InChI=1S/C19H23N3O2/c1-12-6-3-4-8-22(12)19-20-13(2)18-15(21-19)10-14(11-16(18)23)17-7-5-9-24-17/h5,7,9,12,14H,3-4,6,8,10-11H2,1-2H3/t12-,14+/m0/s1. The average molecular weight is 325 g/mol. The molecule has 4 rings (SSSR count). The van der Waals surface area contributed by atoms with Crippen LogP contribution < -0.4 is 4.90 Å². The van der Waals surface area contributed by atoms with Crippen molar-refractivity contribution in [1.82, 2.24) is 9.97 Å². The van der Waals surface area contributed by atoms with Gasteiger partial charge in [0.25, 0.3) is 0 Å². The molecule has 0 spiro atoms. The first-order valence-corrected chi connectivity index (χ1v) is 8.84. The van der Waals surface area contributed by atoms with E-state index in [-0.39, 0.29) is 11.7 Å². The number of anilines is 1. The van der Waals surface area contributed by atoms with E-state index in [4.69, 9.17) is 9.40 Å². The Labute approximate surface area is 142 Å². The van der Waals surface area contributed by atoms with Gasteiger partial charge in [0.05, 0.1) is 23.2 Å². The molecular formula is C19H23N3O2. The molecular weight excluding hydrogens is 302 g/mol. The molecule has 2 aromatic rings. The van der Waals surface area contributed by atoms with Gasteiger partial charge in [-0.3, -0.25) is 4.79 Å². The predicted molar refractivity (Wildman–Crippen MR) is 91.5 cm³/mol. The van der Waals surface area contributed by atoms with E-state index >= 15 is 0 Å². The van der Waals surface area contributed by atoms with Crippen molar-refractivity contribution >= 4 is 11.7 Å². The largest absolute Gasteiger partial charge is 0.469 e. The summed E-state index contributed by atoms with van der Waals surface area (Å²) in [6, 6.07) is 4.28. The number of piperidine rings is 1. The molecule has 1 fully saturated rings. The molecule has 126 valence electrons. The molecule has 0 aromatic carbocycles. The maximum atomic E-state index is 12.6. The summed E-state index contributed by atoms with van der Waals surface area (Å²) in [5, 5.41) is 0. The van der Waals surface area contributed by atoms with Crippen LogP contribution in [0.3, 0.4) is 0 Å². The van der Waals surface area contributed by atoms with E-state index in [1.165, 1.54) is 19.3 Å². The Kier molecular flexibility index (Phi) is 3.87. The number of carbonyl (C=O) groups excluding carboxylic acids is 1. The molecule has 24 heavy (non-hydrogen) atoms. The number of ketones is 1. The van der Waals surface area contributed by atoms with E-state index in [1.54, 1.807) is 6.26 Å². The highest BCUT2D eigenvalue weighted by molar-refractivity contribution is 5.99. The minimum atomic E-state index is 0.0842. The number of furan rings is 1. The van der Waals surface area contributed by atoms with Gasteiger partial charge >= 0.3 is 0 Å². The van der Waals surface area contributed by atoms with Crippen LogP contribution in [0, 0.1) is 6.92 Å². The Morgan fingerprint density at radius 1 is 1.25 bits per heavy atom. The van der Waals surface area contributed by atoms with Crippen LogP contribution in [0.4, 0.5) is 5.95 Å². The predicted octanol–water partition coefficient (Wildman–Crippen LogP) is 3.67.